The summed E-state index contributed by atoms with van der Waals surface area (Å²) in [5.41, 5.74) is 5.95. The number of phenolic OH excluding ortho intramolecular Hbond substituents is 1. The molecule has 22 heavy (non-hydrogen) atoms. The molecule has 0 aromatic heterocycles. The first kappa shape index (κ1) is 15.9. The van der Waals surface area contributed by atoms with Crippen LogP contribution in [0.5, 0.6) is 5.75 Å². The molecule has 1 nitrogen and oxygen atoms in total. The Morgan fingerprint density at radius 1 is 1.18 bits per heavy atom. The minimum atomic E-state index is 0.242. The summed E-state index contributed by atoms with van der Waals surface area (Å²) >= 11 is 0. The molecule has 1 fully saturated rings. The number of aromatic hydroxyl groups is 1. The van der Waals surface area contributed by atoms with Crippen molar-refractivity contribution < 1.29 is 5.11 Å². The fourth-order valence-electron chi connectivity index (χ4n) is 5.77. The lowest BCUT2D eigenvalue weighted by atomic mass is 9.50. The first-order chi connectivity index (χ1) is 10.2. The highest BCUT2D eigenvalue weighted by Gasteiger charge is 2.50. The molecule has 0 heterocycles. The maximum atomic E-state index is 10.8. The number of aryl methyl sites for hydroxylation is 1. The van der Waals surface area contributed by atoms with E-state index in [1.807, 2.05) is 0 Å². The van der Waals surface area contributed by atoms with Crippen LogP contribution in [0.15, 0.2) is 6.07 Å². The van der Waals surface area contributed by atoms with Gasteiger partial charge >= 0.3 is 0 Å². The molecule has 1 unspecified atom stereocenters. The Morgan fingerprint density at radius 3 is 2.50 bits per heavy atom. The van der Waals surface area contributed by atoms with Gasteiger partial charge in [0.2, 0.25) is 0 Å². The number of fused-ring (bicyclic) bond motifs is 3. The first-order valence-electron chi connectivity index (χ1n) is 9.04. The molecule has 1 aromatic rings. The monoisotopic (exact) mass is 300 g/mol. The summed E-state index contributed by atoms with van der Waals surface area (Å²) in [6.07, 6.45) is 6.41. The number of hydrogen-bond acceptors (Lipinski definition) is 1. The molecule has 0 saturated heterocycles. The summed E-state index contributed by atoms with van der Waals surface area (Å²) < 4.78 is 0. The summed E-state index contributed by atoms with van der Waals surface area (Å²) in [4.78, 5) is 0. The largest absolute Gasteiger partial charge is 0.507 e. The van der Waals surface area contributed by atoms with Gasteiger partial charge in [-0.2, -0.15) is 0 Å². The number of rotatable bonds is 1. The van der Waals surface area contributed by atoms with Crippen molar-refractivity contribution in [2.45, 2.75) is 85.0 Å². The lowest BCUT2D eigenvalue weighted by Crippen LogP contribution is -2.48. The summed E-state index contributed by atoms with van der Waals surface area (Å²) in [5, 5.41) is 10.8. The molecule has 1 aromatic carbocycles. The van der Waals surface area contributed by atoms with Crippen LogP contribution in [0.1, 0.15) is 88.5 Å². The second-order valence-corrected chi connectivity index (χ2v) is 8.98. The van der Waals surface area contributed by atoms with Crippen molar-refractivity contribution in [3.8, 4) is 5.75 Å². The van der Waals surface area contributed by atoms with Gasteiger partial charge in [0.05, 0.1) is 0 Å². The SMILES string of the molecule is Cc1c(O)c(C(C)C)cc2c1C1(C)CCCC(C)(C)[C@@H]1CC2. The molecule has 1 heteroatoms. The zero-order chi connectivity index (χ0) is 16.3. The van der Waals surface area contributed by atoms with E-state index in [0.717, 1.165) is 17.0 Å². The van der Waals surface area contributed by atoms with E-state index < -0.39 is 0 Å². The van der Waals surface area contributed by atoms with E-state index in [9.17, 15) is 5.11 Å². The topological polar surface area (TPSA) is 20.2 Å². The van der Waals surface area contributed by atoms with Crippen molar-refractivity contribution in [3.63, 3.8) is 0 Å². The van der Waals surface area contributed by atoms with Crippen LogP contribution in [0, 0.1) is 18.3 Å². The third kappa shape index (κ3) is 2.12. The third-order valence-corrected chi connectivity index (χ3v) is 6.78. The van der Waals surface area contributed by atoms with Gasteiger partial charge in [-0.3, -0.25) is 0 Å². The Hall–Kier alpha value is -0.980. The van der Waals surface area contributed by atoms with Crippen LogP contribution < -0.4 is 0 Å². The van der Waals surface area contributed by atoms with E-state index in [-0.39, 0.29) is 5.41 Å². The van der Waals surface area contributed by atoms with Crippen molar-refractivity contribution in [3.05, 3.63) is 28.3 Å². The average Bonchev–Trinajstić information content (AvgIpc) is 2.40. The van der Waals surface area contributed by atoms with E-state index in [0.29, 0.717) is 17.1 Å². The standard InChI is InChI=1S/C21H32O/c1-13(2)16-12-15-8-9-17-20(4,5)10-7-11-21(17,6)18(15)14(3)19(16)22/h12-13,17,22H,7-11H2,1-6H3/t17-,21?/m0/s1. The van der Waals surface area contributed by atoms with Gasteiger partial charge in [-0.25, -0.2) is 0 Å². The summed E-state index contributed by atoms with van der Waals surface area (Å²) in [6, 6.07) is 2.31. The van der Waals surface area contributed by atoms with E-state index in [1.165, 1.54) is 43.2 Å². The molecule has 3 rings (SSSR count). The van der Waals surface area contributed by atoms with Crippen LogP contribution in [0.2, 0.25) is 0 Å². The molecule has 2 aliphatic rings. The normalized spacial score (nSPS) is 30.0. The molecule has 2 atom stereocenters. The van der Waals surface area contributed by atoms with E-state index in [4.69, 9.17) is 0 Å². The molecule has 0 spiro atoms. The van der Waals surface area contributed by atoms with Gasteiger partial charge in [0, 0.05) is 0 Å². The summed E-state index contributed by atoms with van der Waals surface area (Å²) in [5.74, 6) is 1.68. The Kier molecular flexibility index (Phi) is 3.62. The maximum absolute atomic E-state index is 10.8. The molecule has 0 aliphatic heterocycles. The Labute approximate surface area is 136 Å². The van der Waals surface area contributed by atoms with E-state index in [2.05, 4.69) is 47.6 Å². The molecular weight excluding hydrogens is 268 g/mol. The maximum Gasteiger partial charge on any atom is 0.122 e. The van der Waals surface area contributed by atoms with Crippen molar-refractivity contribution >= 4 is 0 Å². The van der Waals surface area contributed by atoms with E-state index >= 15 is 0 Å². The first-order valence-corrected chi connectivity index (χ1v) is 9.04. The van der Waals surface area contributed by atoms with Crippen LogP contribution in [-0.2, 0) is 11.8 Å². The second-order valence-electron chi connectivity index (χ2n) is 8.98. The smallest absolute Gasteiger partial charge is 0.122 e. The molecule has 1 N–H and O–H groups in total. The predicted molar refractivity (Wildman–Crippen MR) is 93.7 cm³/mol. The number of benzene rings is 1. The zero-order valence-electron chi connectivity index (χ0n) is 15.2. The molecule has 2 aliphatic carbocycles. The lowest BCUT2D eigenvalue weighted by Gasteiger charge is -2.55. The van der Waals surface area contributed by atoms with Crippen molar-refractivity contribution in [2.75, 3.05) is 0 Å². The minimum Gasteiger partial charge on any atom is -0.507 e. The summed E-state index contributed by atoms with van der Waals surface area (Å²) in [6.45, 7) is 13.9. The fraction of sp³-hybridized carbons (Fsp3) is 0.714. The molecule has 1 saturated carbocycles. The van der Waals surface area contributed by atoms with Gasteiger partial charge in [-0.05, 0) is 77.5 Å². The second kappa shape index (κ2) is 5.01. The van der Waals surface area contributed by atoms with Crippen LogP contribution in [0.3, 0.4) is 0 Å². The molecule has 0 bridgehead atoms. The van der Waals surface area contributed by atoms with Gasteiger partial charge in [0.1, 0.15) is 5.75 Å². The predicted octanol–water partition coefficient (Wildman–Crippen LogP) is 5.85. The van der Waals surface area contributed by atoms with Crippen molar-refractivity contribution in [1.29, 1.82) is 0 Å². The Balaban J connectivity index is 2.20. The van der Waals surface area contributed by atoms with Crippen LogP contribution in [-0.4, -0.2) is 5.11 Å². The molecule has 0 radical (unpaired) electrons. The number of hydrogen-bond donors (Lipinski definition) is 1. The lowest BCUT2D eigenvalue weighted by molar-refractivity contribution is 0.0401. The quantitative estimate of drug-likeness (QED) is 0.689. The fourth-order valence-corrected chi connectivity index (χ4v) is 5.77. The zero-order valence-corrected chi connectivity index (χ0v) is 15.2. The van der Waals surface area contributed by atoms with Gasteiger partial charge in [0.25, 0.3) is 0 Å². The average molecular weight is 300 g/mol. The number of phenols is 1. The highest BCUT2D eigenvalue weighted by Crippen LogP contribution is 2.58. The summed E-state index contributed by atoms with van der Waals surface area (Å²) in [7, 11) is 0. The minimum absolute atomic E-state index is 0.242. The Morgan fingerprint density at radius 2 is 1.86 bits per heavy atom. The molecular formula is C21H32O. The third-order valence-electron chi connectivity index (χ3n) is 6.78. The van der Waals surface area contributed by atoms with Crippen LogP contribution in [0.4, 0.5) is 0 Å². The van der Waals surface area contributed by atoms with Gasteiger partial charge in [-0.1, -0.05) is 47.1 Å². The Bertz CT molecular complexity index is 596. The van der Waals surface area contributed by atoms with Crippen LogP contribution >= 0.6 is 0 Å². The molecule has 0 amide bonds. The van der Waals surface area contributed by atoms with E-state index in [1.54, 1.807) is 0 Å². The van der Waals surface area contributed by atoms with Crippen molar-refractivity contribution in [1.82, 2.24) is 0 Å². The van der Waals surface area contributed by atoms with Gasteiger partial charge < -0.3 is 5.11 Å². The van der Waals surface area contributed by atoms with Gasteiger partial charge in [0.15, 0.2) is 0 Å². The highest BCUT2D eigenvalue weighted by atomic mass is 16.3. The van der Waals surface area contributed by atoms with Crippen LogP contribution in [0.25, 0.3) is 0 Å². The van der Waals surface area contributed by atoms with Crippen molar-refractivity contribution in [2.24, 2.45) is 11.3 Å². The van der Waals surface area contributed by atoms with Gasteiger partial charge in [-0.15, -0.1) is 0 Å². The highest BCUT2D eigenvalue weighted by molar-refractivity contribution is 5.55. The molecule has 122 valence electrons.